The van der Waals surface area contributed by atoms with Gasteiger partial charge < -0.3 is 10.5 Å². The number of ether oxygens (including phenoxy) is 1. The largest absolute Gasteiger partial charge is 0.442 e. The highest BCUT2D eigenvalue weighted by molar-refractivity contribution is 5.81. The highest BCUT2D eigenvalue weighted by Crippen LogP contribution is 2.19. The minimum absolute atomic E-state index is 0.114. The highest BCUT2D eigenvalue weighted by atomic mass is 19.1. The summed E-state index contributed by atoms with van der Waals surface area (Å²) in [7, 11) is 0. The number of halogens is 1. The Balaban J connectivity index is 2.13. The molecular weight excluding hydrogens is 443 g/mol. The van der Waals surface area contributed by atoms with E-state index < -0.39 is 28.8 Å². The summed E-state index contributed by atoms with van der Waals surface area (Å²) in [5, 5.41) is 1.17. The van der Waals surface area contributed by atoms with Gasteiger partial charge in [-0.2, -0.15) is 9.69 Å². The minimum atomic E-state index is -0.908. The third-order valence-electron chi connectivity index (χ3n) is 4.64. The SMILES string of the molecule is CC#CCN(C(=O)OC(C)(C)C)n1c(N)cc(=O)n(Cc2nc(C)c3c(F)cccc3n2)c1=O. The van der Waals surface area contributed by atoms with Crippen LogP contribution in [0.3, 0.4) is 0 Å². The zero-order valence-corrected chi connectivity index (χ0v) is 19.5. The molecule has 0 saturated heterocycles. The van der Waals surface area contributed by atoms with Gasteiger partial charge in [-0.1, -0.05) is 12.0 Å². The number of hydrogen-bond acceptors (Lipinski definition) is 7. The van der Waals surface area contributed by atoms with Crippen LogP contribution in [0.25, 0.3) is 10.9 Å². The summed E-state index contributed by atoms with van der Waals surface area (Å²) >= 11 is 0. The Kier molecular flexibility index (Phi) is 6.72. The van der Waals surface area contributed by atoms with E-state index in [0.29, 0.717) is 11.2 Å². The van der Waals surface area contributed by atoms with Crippen molar-refractivity contribution < 1.29 is 13.9 Å². The first kappa shape index (κ1) is 24.4. The number of carbonyl (C=O) groups excluding carboxylic acids is 1. The molecule has 3 rings (SSSR count). The number of rotatable bonds is 4. The van der Waals surface area contributed by atoms with Crippen molar-refractivity contribution in [2.45, 2.75) is 46.8 Å². The zero-order valence-electron chi connectivity index (χ0n) is 19.5. The van der Waals surface area contributed by atoms with Gasteiger partial charge in [-0.25, -0.2) is 23.9 Å². The van der Waals surface area contributed by atoms with E-state index in [-0.39, 0.29) is 30.1 Å². The quantitative estimate of drug-likeness (QED) is 0.580. The Bertz CT molecular complexity index is 1440. The fourth-order valence-electron chi connectivity index (χ4n) is 3.25. The van der Waals surface area contributed by atoms with Crippen molar-refractivity contribution in [1.82, 2.24) is 19.2 Å². The molecule has 0 saturated carbocycles. The molecule has 178 valence electrons. The van der Waals surface area contributed by atoms with Crippen LogP contribution in [0.2, 0.25) is 0 Å². The number of amides is 1. The molecule has 0 bridgehead atoms. The minimum Gasteiger partial charge on any atom is -0.442 e. The number of anilines is 1. The summed E-state index contributed by atoms with van der Waals surface area (Å²) in [6.07, 6.45) is -0.873. The Hall–Kier alpha value is -4.20. The van der Waals surface area contributed by atoms with Crippen LogP contribution >= 0.6 is 0 Å². The summed E-state index contributed by atoms with van der Waals surface area (Å²) in [4.78, 5) is 47.3. The van der Waals surface area contributed by atoms with Crippen molar-refractivity contribution in [1.29, 1.82) is 0 Å². The van der Waals surface area contributed by atoms with E-state index in [0.717, 1.165) is 20.3 Å². The van der Waals surface area contributed by atoms with E-state index >= 15 is 0 Å². The number of nitrogens with zero attached hydrogens (tertiary/aromatic N) is 5. The van der Waals surface area contributed by atoms with Crippen LogP contribution in [0.4, 0.5) is 15.0 Å². The van der Waals surface area contributed by atoms with E-state index in [1.54, 1.807) is 40.7 Å². The van der Waals surface area contributed by atoms with Crippen molar-refractivity contribution in [2.24, 2.45) is 0 Å². The van der Waals surface area contributed by atoms with Crippen LogP contribution < -0.4 is 22.0 Å². The first-order valence-corrected chi connectivity index (χ1v) is 10.4. The molecule has 0 fully saturated rings. The molecule has 0 aliphatic heterocycles. The lowest BCUT2D eigenvalue weighted by Gasteiger charge is -2.28. The molecule has 0 aliphatic rings. The van der Waals surface area contributed by atoms with Gasteiger partial charge >= 0.3 is 11.8 Å². The van der Waals surface area contributed by atoms with Crippen molar-refractivity contribution in [3.05, 3.63) is 62.4 Å². The van der Waals surface area contributed by atoms with Crippen molar-refractivity contribution in [3.8, 4) is 11.8 Å². The number of hydrogen-bond donors (Lipinski definition) is 1. The van der Waals surface area contributed by atoms with E-state index in [4.69, 9.17) is 10.5 Å². The lowest BCUT2D eigenvalue weighted by Crippen LogP contribution is -2.54. The van der Waals surface area contributed by atoms with Gasteiger partial charge in [-0.15, -0.1) is 5.92 Å². The third kappa shape index (κ3) is 5.06. The smallest absolute Gasteiger partial charge is 0.430 e. The second-order valence-electron chi connectivity index (χ2n) is 8.41. The molecule has 2 aromatic heterocycles. The fraction of sp³-hybridized carbons (Fsp3) is 0.348. The molecule has 3 aromatic rings. The molecule has 34 heavy (non-hydrogen) atoms. The lowest BCUT2D eigenvalue weighted by atomic mass is 10.2. The van der Waals surface area contributed by atoms with Gasteiger partial charge in [-0.3, -0.25) is 9.36 Å². The molecule has 0 atom stereocenters. The molecule has 0 aliphatic carbocycles. The number of nitrogen functional groups attached to an aromatic ring is 1. The van der Waals surface area contributed by atoms with Gasteiger partial charge in [0, 0.05) is 6.07 Å². The first-order chi connectivity index (χ1) is 15.9. The van der Waals surface area contributed by atoms with Gasteiger partial charge in [0.25, 0.3) is 5.56 Å². The summed E-state index contributed by atoms with van der Waals surface area (Å²) in [6, 6.07) is 5.41. The predicted molar refractivity (Wildman–Crippen MR) is 125 cm³/mol. The number of nitrogens with two attached hydrogens (primary N) is 1. The van der Waals surface area contributed by atoms with Crippen molar-refractivity contribution in [2.75, 3.05) is 17.3 Å². The zero-order chi connectivity index (χ0) is 25.2. The lowest BCUT2D eigenvalue weighted by molar-refractivity contribution is 0.0542. The summed E-state index contributed by atoms with van der Waals surface area (Å²) in [6.45, 7) is 7.65. The van der Waals surface area contributed by atoms with E-state index in [1.165, 1.54) is 12.1 Å². The van der Waals surface area contributed by atoms with Crippen LogP contribution in [0.5, 0.6) is 0 Å². The maximum absolute atomic E-state index is 14.2. The van der Waals surface area contributed by atoms with E-state index in [1.807, 2.05) is 0 Å². The Morgan fingerprint density at radius 1 is 1.26 bits per heavy atom. The van der Waals surface area contributed by atoms with Gasteiger partial charge in [0.15, 0.2) is 0 Å². The summed E-state index contributed by atoms with van der Waals surface area (Å²) < 4.78 is 21.2. The van der Waals surface area contributed by atoms with Crippen molar-refractivity contribution >= 4 is 22.8 Å². The second-order valence-corrected chi connectivity index (χ2v) is 8.41. The first-order valence-electron chi connectivity index (χ1n) is 10.4. The molecule has 2 heterocycles. The molecule has 0 unspecified atom stereocenters. The Labute approximate surface area is 194 Å². The van der Waals surface area contributed by atoms with E-state index in [9.17, 15) is 18.8 Å². The van der Waals surface area contributed by atoms with Gasteiger partial charge in [-0.05, 0) is 46.8 Å². The topological polar surface area (TPSA) is 125 Å². The molecule has 2 N–H and O–H groups in total. The maximum atomic E-state index is 14.2. The number of benzene rings is 1. The molecule has 0 spiro atoms. The van der Waals surface area contributed by atoms with Crippen LogP contribution in [0, 0.1) is 24.6 Å². The van der Waals surface area contributed by atoms with Crippen LogP contribution in [-0.2, 0) is 11.3 Å². The monoisotopic (exact) mass is 468 g/mol. The standard InChI is InChI=1S/C23H25FN6O4/c1-6-7-11-29(22(33)34-23(3,4)5)30-17(25)12-19(31)28(21(30)32)13-18-26-14(2)20-15(24)9-8-10-16(20)27-18/h8-10,12H,11,13,25H2,1-5H3. The van der Waals surface area contributed by atoms with Crippen molar-refractivity contribution in [3.63, 3.8) is 0 Å². The Morgan fingerprint density at radius 3 is 2.62 bits per heavy atom. The second kappa shape index (κ2) is 9.35. The van der Waals surface area contributed by atoms with Gasteiger partial charge in [0.1, 0.15) is 29.6 Å². The predicted octanol–water partition coefficient (Wildman–Crippen LogP) is 1.93. The average Bonchev–Trinajstić information content (AvgIpc) is 2.71. The van der Waals surface area contributed by atoms with E-state index in [2.05, 4.69) is 21.8 Å². The molecule has 10 nitrogen and oxygen atoms in total. The molecule has 11 heteroatoms. The molecule has 1 amide bonds. The summed E-state index contributed by atoms with van der Waals surface area (Å²) in [5.41, 5.74) is 4.16. The molecular formula is C23H25FN6O4. The van der Waals surface area contributed by atoms with Crippen LogP contribution in [-0.4, -0.2) is 37.5 Å². The average molecular weight is 468 g/mol. The molecule has 1 aromatic carbocycles. The molecule has 0 radical (unpaired) electrons. The fourth-order valence-corrected chi connectivity index (χ4v) is 3.25. The van der Waals surface area contributed by atoms with Gasteiger partial charge in [0.2, 0.25) is 0 Å². The van der Waals surface area contributed by atoms with Crippen LogP contribution in [0.15, 0.2) is 33.9 Å². The van der Waals surface area contributed by atoms with Crippen LogP contribution in [0.1, 0.15) is 39.2 Å². The maximum Gasteiger partial charge on any atom is 0.430 e. The van der Waals surface area contributed by atoms with Gasteiger partial charge in [0.05, 0.1) is 23.1 Å². The number of fused-ring (bicyclic) bond motifs is 1. The Morgan fingerprint density at radius 2 is 1.97 bits per heavy atom. The summed E-state index contributed by atoms with van der Waals surface area (Å²) in [5.74, 6) is 4.71. The normalized spacial score (nSPS) is 11.1. The number of aryl methyl sites for hydroxylation is 1. The highest BCUT2D eigenvalue weighted by Gasteiger charge is 2.26. The number of carbonyl (C=O) groups is 1. The number of aromatic nitrogens is 4. The third-order valence-corrected chi connectivity index (χ3v) is 4.64.